The van der Waals surface area contributed by atoms with Gasteiger partial charge in [0.25, 0.3) is 0 Å². The third-order valence-electron chi connectivity index (χ3n) is 4.35. The Morgan fingerprint density at radius 2 is 2.37 bits per heavy atom. The lowest BCUT2D eigenvalue weighted by atomic mass is 9.99. The molecule has 2 atom stereocenters. The summed E-state index contributed by atoms with van der Waals surface area (Å²) in [5.74, 6) is -0.0586. The zero-order valence-electron chi connectivity index (χ0n) is 12.0. The van der Waals surface area contributed by atoms with Crippen molar-refractivity contribution >= 4 is 5.91 Å². The zero-order valence-corrected chi connectivity index (χ0v) is 12.0. The summed E-state index contributed by atoms with van der Waals surface area (Å²) in [6.45, 7) is 6.21. The van der Waals surface area contributed by atoms with E-state index in [-0.39, 0.29) is 5.91 Å². The van der Waals surface area contributed by atoms with Gasteiger partial charge >= 0.3 is 0 Å². The third kappa shape index (κ3) is 3.91. The number of likely N-dealkylation sites (tertiary alicyclic amines) is 1. The maximum Gasteiger partial charge on any atom is 0.242 e. The number of carbonyl (C=O) groups is 1. The first-order valence-electron chi connectivity index (χ1n) is 7.51. The number of rotatable bonds is 5. The predicted octanol–water partition coefficient (Wildman–Crippen LogP) is 0.485. The number of hydrogen-bond donors (Lipinski definition) is 2. The number of hydrogen-bond acceptors (Lipinski definition) is 4. The molecule has 0 radical (unpaired) electrons. The molecule has 2 saturated heterocycles. The molecule has 2 rings (SSSR count). The molecule has 5 heteroatoms. The first-order chi connectivity index (χ1) is 9.12. The molecule has 0 aromatic rings. The van der Waals surface area contributed by atoms with Crippen LogP contribution in [0.1, 0.15) is 39.0 Å². The van der Waals surface area contributed by atoms with Crippen LogP contribution in [0.5, 0.6) is 0 Å². The van der Waals surface area contributed by atoms with Crippen molar-refractivity contribution in [2.24, 2.45) is 5.73 Å². The van der Waals surface area contributed by atoms with Crippen LogP contribution in [0.2, 0.25) is 0 Å². The molecule has 2 fully saturated rings. The highest BCUT2D eigenvalue weighted by atomic mass is 16.5. The standard InChI is InChI=1S/C14H27N3O2/c1-12-5-2-3-8-17(12)9-4-7-16-13(18)14(15)6-10-19-11-14/h12H,2-11,15H2,1H3,(H,16,18). The Labute approximate surface area is 115 Å². The SMILES string of the molecule is CC1CCCCN1CCCNC(=O)C1(N)CCOC1. The van der Waals surface area contributed by atoms with E-state index in [4.69, 9.17) is 10.5 Å². The van der Waals surface area contributed by atoms with Crippen molar-refractivity contribution in [2.75, 3.05) is 32.8 Å². The van der Waals surface area contributed by atoms with Crippen molar-refractivity contribution in [3.05, 3.63) is 0 Å². The summed E-state index contributed by atoms with van der Waals surface area (Å²) in [5.41, 5.74) is 5.21. The number of nitrogens with one attached hydrogen (secondary N) is 1. The molecule has 2 aliphatic heterocycles. The fourth-order valence-corrected chi connectivity index (χ4v) is 2.91. The third-order valence-corrected chi connectivity index (χ3v) is 4.35. The molecule has 0 bridgehead atoms. The molecule has 3 N–H and O–H groups in total. The molecule has 2 aliphatic rings. The first-order valence-corrected chi connectivity index (χ1v) is 7.51. The van der Waals surface area contributed by atoms with Crippen LogP contribution in [0.4, 0.5) is 0 Å². The van der Waals surface area contributed by atoms with E-state index < -0.39 is 5.54 Å². The van der Waals surface area contributed by atoms with Gasteiger partial charge in [0.05, 0.1) is 6.61 Å². The van der Waals surface area contributed by atoms with E-state index in [0.29, 0.717) is 32.2 Å². The second-order valence-electron chi connectivity index (χ2n) is 5.95. The maximum atomic E-state index is 12.0. The molecule has 0 aliphatic carbocycles. The number of piperidine rings is 1. The smallest absolute Gasteiger partial charge is 0.242 e. The van der Waals surface area contributed by atoms with Crippen LogP contribution in [-0.2, 0) is 9.53 Å². The Bertz CT molecular complexity index is 303. The summed E-state index contributed by atoms with van der Waals surface area (Å²) in [6.07, 6.45) is 5.58. The minimum absolute atomic E-state index is 0.0586. The largest absolute Gasteiger partial charge is 0.379 e. The highest BCUT2D eigenvalue weighted by molar-refractivity contribution is 5.86. The number of nitrogens with zero attached hydrogens (tertiary/aromatic N) is 1. The zero-order chi connectivity index (χ0) is 13.7. The van der Waals surface area contributed by atoms with Gasteiger partial charge in [0.2, 0.25) is 5.91 Å². The van der Waals surface area contributed by atoms with Gasteiger partial charge in [0.15, 0.2) is 0 Å². The fraction of sp³-hybridized carbons (Fsp3) is 0.929. The Morgan fingerprint density at radius 1 is 1.53 bits per heavy atom. The van der Waals surface area contributed by atoms with Gasteiger partial charge in [-0.3, -0.25) is 4.79 Å². The van der Waals surface area contributed by atoms with Crippen LogP contribution in [0, 0.1) is 0 Å². The lowest BCUT2D eigenvalue weighted by Crippen LogP contribution is -2.54. The van der Waals surface area contributed by atoms with Crippen molar-refractivity contribution in [2.45, 2.75) is 50.6 Å². The minimum Gasteiger partial charge on any atom is -0.379 e. The normalized spacial score (nSPS) is 32.4. The average Bonchev–Trinajstić information content (AvgIpc) is 2.84. The van der Waals surface area contributed by atoms with E-state index in [2.05, 4.69) is 17.1 Å². The number of carbonyl (C=O) groups excluding carboxylic acids is 1. The number of ether oxygens (including phenoxy) is 1. The van der Waals surface area contributed by atoms with Gasteiger partial charge in [-0.1, -0.05) is 6.42 Å². The van der Waals surface area contributed by atoms with Gasteiger partial charge in [-0.25, -0.2) is 0 Å². The van der Waals surface area contributed by atoms with Crippen molar-refractivity contribution in [3.8, 4) is 0 Å². The van der Waals surface area contributed by atoms with Crippen molar-refractivity contribution in [1.29, 1.82) is 0 Å². The Hall–Kier alpha value is -0.650. The van der Waals surface area contributed by atoms with E-state index in [1.807, 2.05) is 0 Å². The molecule has 0 spiro atoms. The lowest BCUT2D eigenvalue weighted by Gasteiger charge is -2.33. The maximum absolute atomic E-state index is 12.0. The van der Waals surface area contributed by atoms with Gasteiger partial charge in [-0.05, 0) is 39.2 Å². The molecule has 2 unspecified atom stereocenters. The quantitative estimate of drug-likeness (QED) is 0.713. The number of amides is 1. The summed E-state index contributed by atoms with van der Waals surface area (Å²) in [6, 6.07) is 0.688. The Morgan fingerprint density at radius 3 is 3.05 bits per heavy atom. The van der Waals surface area contributed by atoms with Crippen LogP contribution in [0.25, 0.3) is 0 Å². The molecule has 0 saturated carbocycles. The topological polar surface area (TPSA) is 67.6 Å². The van der Waals surface area contributed by atoms with E-state index in [1.54, 1.807) is 0 Å². The van der Waals surface area contributed by atoms with E-state index >= 15 is 0 Å². The summed E-state index contributed by atoms with van der Waals surface area (Å²) in [4.78, 5) is 14.5. The monoisotopic (exact) mass is 269 g/mol. The summed E-state index contributed by atoms with van der Waals surface area (Å²) in [7, 11) is 0. The van der Waals surface area contributed by atoms with E-state index in [1.165, 1.54) is 25.8 Å². The van der Waals surface area contributed by atoms with Gasteiger partial charge < -0.3 is 20.7 Å². The second-order valence-corrected chi connectivity index (χ2v) is 5.95. The van der Waals surface area contributed by atoms with Crippen LogP contribution in [0.15, 0.2) is 0 Å². The summed E-state index contributed by atoms with van der Waals surface area (Å²) < 4.78 is 5.20. The summed E-state index contributed by atoms with van der Waals surface area (Å²) >= 11 is 0. The molecule has 110 valence electrons. The molecule has 19 heavy (non-hydrogen) atoms. The molecule has 5 nitrogen and oxygen atoms in total. The highest BCUT2D eigenvalue weighted by Crippen LogP contribution is 2.17. The van der Waals surface area contributed by atoms with Crippen LogP contribution >= 0.6 is 0 Å². The highest BCUT2D eigenvalue weighted by Gasteiger charge is 2.37. The lowest BCUT2D eigenvalue weighted by molar-refractivity contribution is -0.126. The van der Waals surface area contributed by atoms with Crippen LogP contribution in [0.3, 0.4) is 0 Å². The molecule has 1 amide bonds. The molecular weight excluding hydrogens is 242 g/mol. The first kappa shape index (κ1) is 14.8. The molecule has 0 aromatic carbocycles. The van der Waals surface area contributed by atoms with Crippen molar-refractivity contribution in [3.63, 3.8) is 0 Å². The van der Waals surface area contributed by atoms with Gasteiger partial charge in [-0.15, -0.1) is 0 Å². The predicted molar refractivity (Wildman–Crippen MR) is 74.9 cm³/mol. The summed E-state index contributed by atoms with van der Waals surface area (Å²) in [5, 5.41) is 2.95. The van der Waals surface area contributed by atoms with Crippen molar-refractivity contribution in [1.82, 2.24) is 10.2 Å². The van der Waals surface area contributed by atoms with E-state index in [9.17, 15) is 4.79 Å². The second kappa shape index (κ2) is 6.68. The molecule has 0 aromatic heterocycles. The molecular formula is C14H27N3O2. The number of nitrogens with two attached hydrogens (primary N) is 1. The van der Waals surface area contributed by atoms with E-state index in [0.717, 1.165) is 13.0 Å². The van der Waals surface area contributed by atoms with Crippen LogP contribution in [-0.4, -0.2) is 55.2 Å². The van der Waals surface area contributed by atoms with Gasteiger partial charge in [-0.2, -0.15) is 0 Å². The average molecular weight is 269 g/mol. The van der Waals surface area contributed by atoms with Crippen LogP contribution < -0.4 is 11.1 Å². The van der Waals surface area contributed by atoms with Gasteiger partial charge in [0, 0.05) is 25.7 Å². The minimum atomic E-state index is -0.793. The Balaban J connectivity index is 1.62. The molecule has 2 heterocycles. The van der Waals surface area contributed by atoms with Gasteiger partial charge in [0.1, 0.15) is 5.54 Å². The fourth-order valence-electron chi connectivity index (χ4n) is 2.91. The van der Waals surface area contributed by atoms with Crippen molar-refractivity contribution < 1.29 is 9.53 Å². The Kier molecular flexibility index (Phi) is 5.19.